The highest BCUT2D eigenvalue weighted by molar-refractivity contribution is 7.17. The predicted molar refractivity (Wildman–Crippen MR) is 133 cm³/mol. The van der Waals surface area contributed by atoms with Crippen LogP contribution in [0.2, 0.25) is 0 Å². The number of fused-ring (bicyclic) bond motifs is 2. The largest absolute Gasteiger partial charge is 0.465 e. The van der Waals surface area contributed by atoms with Crippen LogP contribution in [-0.4, -0.2) is 47.7 Å². The van der Waals surface area contributed by atoms with Crippen LogP contribution >= 0.6 is 11.3 Å². The van der Waals surface area contributed by atoms with Crippen molar-refractivity contribution in [2.45, 2.75) is 69.4 Å². The van der Waals surface area contributed by atoms with E-state index in [1.54, 1.807) is 12.1 Å². The maximum Gasteiger partial charge on any atom is 0.341 e. The zero-order chi connectivity index (χ0) is 24.6. The van der Waals surface area contributed by atoms with Gasteiger partial charge in [0.05, 0.1) is 24.8 Å². The molecule has 8 heteroatoms. The molecule has 1 aromatic heterocycles. The van der Waals surface area contributed by atoms with E-state index in [1.807, 2.05) is 0 Å². The van der Waals surface area contributed by atoms with E-state index in [0.717, 1.165) is 67.4 Å². The molecular weight excluding hydrogens is 467 g/mol. The Bertz CT molecular complexity index is 1100. The van der Waals surface area contributed by atoms with E-state index >= 15 is 0 Å². The Kier molecular flexibility index (Phi) is 6.97. The van der Waals surface area contributed by atoms with Gasteiger partial charge in [-0.25, -0.2) is 9.18 Å². The lowest BCUT2D eigenvalue weighted by molar-refractivity contribution is -0.135. The molecule has 0 radical (unpaired) electrons. The van der Waals surface area contributed by atoms with Crippen LogP contribution in [0.5, 0.6) is 0 Å². The SMILES string of the molecule is COC(=O)c1c(NC(=O)CN2CC[C@]3(O)CCCC[C@H]3[C@H]2c2ccc(F)cc2)sc2c1CCCC2. The van der Waals surface area contributed by atoms with E-state index in [0.29, 0.717) is 23.5 Å². The second kappa shape index (κ2) is 9.99. The number of carbonyl (C=O) groups excluding carboxylic acids is 2. The summed E-state index contributed by atoms with van der Waals surface area (Å²) in [4.78, 5) is 29.1. The second-order valence-electron chi connectivity index (χ2n) is 10.1. The van der Waals surface area contributed by atoms with Crippen LogP contribution in [0, 0.1) is 11.7 Å². The zero-order valence-corrected chi connectivity index (χ0v) is 21.0. The summed E-state index contributed by atoms with van der Waals surface area (Å²) in [5, 5.41) is 15.0. The van der Waals surface area contributed by atoms with Gasteiger partial charge in [0, 0.05) is 23.4 Å². The Hall–Kier alpha value is -2.29. The standard InChI is InChI=1S/C27H33FN2O4S/c1-34-26(32)23-19-6-2-3-8-21(19)35-25(23)29-22(31)16-30-15-14-27(33)13-5-4-7-20(27)24(30)17-9-11-18(28)12-10-17/h9-12,20,24,33H,2-8,13-16H2,1H3,(H,29,31)/t20-,24+,27+/m0/s1. The quantitative estimate of drug-likeness (QED) is 0.574. The molecule has 188 valence electrons. The summed E-state index contributed by atoms with van der Waals surface area (Å²) in [6.45, 7) is 0.713. The number of nitrogens with one attached hydrogen (secondary N) is 1. The normalized spacial score (nSPS) is 26.5. The Balaban J connectivity index is 1.40. The molecule has 1 amide bonds. The first-order valence-corrected chi connectivity index (χ1v) is 13.5. The van der Waals surface area contributed by atoms with Crippen molar-refractivity contribution >= 4 is 28.2 Å². The summed E-state index contributed by atoms with van der Waals surface area (Å²) in [7, 11) is 1.37. The molecule has 3 atom stereocenters. The molecule has 0 bridgehead atoms. The number of halogens is 1. The van der Waals surface area contributed by atoms with Crippen LogP contribution in [0.15, 0.2) is 24.3 Å². The number of anilines is 1. The summed E-state index contributed by atoms with van der Waals surface area (Å²) >= 11 is 1.48. The zero-order valence-electron chi connectivity index (χ0n) is 20.1. The topological polar surface area (TPSA) is 78.9 Å². The average Bonchev–Trinajstić information content (AvgIpc) is 3.22. The van der Waals surface area contributed by atoms with Crippen LogP contribution in [0.3, 0.4) is 0 Å². The Morgan fingerprint density at radius 2 is 1.94 bits per heavy atom. The van der Waals surface area contributed by atoms with Crippen molar-refractivity contribution < 1.29 is 23.8 Å². The van der Waals surface area contributed by atoms with Crippen molar-refractivity contribution in [3.8, 4) is 0 Å². The molecule has 0 spiro atoms. The highest BCUT2D eigenvalue weighted by Gasteiger charge is 2.49. The van der Waals surface area contributed by atoms with E-state index in [4.69, 9.17) is 4.74 Å². The highest BCUT2D eigenvalue weighted by atomic mass is 32.1. The highest BCUT2D eigenvalue weighted by Crippen LogP contribution is 2.49. The Morgan fingerprint density at radius 1 is 1.17 bits per heavy atom. The van der Waals surface area contributed by atoms with Gasteiger partial charge in [-0.1, -0.05) is 25.0 Å². The summed E-state index contributed by atoms with van der Waals surface area (Å²) < 4.78 is 18.7. The number of benzene rings is 1. The van der Waals surface area contributed by atoms with Gasteiger partial charge in [0.1, 0.15) is 10.8 Å². The van der Waals surface area contributed by atoms with Crippen molar-refractivity contribution in [2.75, 3.05) is 25.5 Å². The minimum atomic E-state index is -0.755. The van der Waals surface area contributed by atoms with Gasteiger partial charge in [-0.2, -0.15) is 0 Å². The van der Waals surface area contributed by atoms with Gasteiger partial charge < -0.3 is 15.2 Å². The number of esters is 1. The molecule has 6 nitrogen and oxygen atoms in total. The summed E-state index contributed by atoms with van der Waals surface area (Å²) in [6, 6.07) is 6.27. The minimum Gasteiger partial charge on any atom is -0.465 e. The molecule has 0 unspecified atom stereocenters. The van der Waals surface area contributed by atoms with E-state index in [2.05, 4.69) is 10.2 Å². The molecule has 1 aliphatic heterocycles. The first-order chi connectivity index (χ1) is 16.9. The third-order valence-electron chi connectivity index (χ3n) is 8.04. The maximum atomic E-state index is 13.7. The van der Waals surface area contributed by atoms with Crippen molar-refractivity contribution in [3.63, 3.8) is 0 Å². The van der Waals surface area contributed by atoms with Gasteiger partial charge in [0.25, 0.3) is 0 Å². The first-order valence-electron chi connectivity index (χ1n) is 12.6. The number of piperidine rings is 1. The van der Waals surface area contributed by atoms with Gasteiger partial charge in [-0.15, -0.1) is 11.3 Å². The number of aliphatic hydroxyl groups is 1. The van der Waals surface area contributed by atoms with Crippen LogP contribution in [-0.2, 0) is 22.4 Å². The predicted octanol–water partition coefficient (Wildman–Crippen LogP) is 4.86. The number of likely N-dealkylation sites (tertiary alicyclic amines) is 1. The molecule has 35 heavy (non-hydrogen) atoms. The van der Waals surface area contributed by atoms with E-state index in [1.165, 1.54) is 30.6 Å². The fourth-order valence-corrected chi connectivity index (χ4v) is 7.64. The van der Waals surface area contributed by atoms with Gasteiger partial charge in [0.2, 0.25) is 5.91 Å². The molecule has 5 rings (SSSR count). The molecule has 1 saturated heterocycles. The van der Waals surface area contributed by atoms with Gasteiger partial charge in [0.15, 0.2) is 0 Å². The van der Waals surface area contributed by atoms with Gasteiger partial charge in [-0.05, 0) is 68.2 Å². The molecule has 2 aromatic rings. The number of nitrogens with zero attached hydrogens (tertiary/aromatic N) is 1. The number of amides is 1. The van der Waals surface area contributed by atoms with Crippen molar-refractivity contribution in [3.05, 3.63) is 51.7 Å². The van der Waals surface area contributed by atoms with E-state index < -0.39 is 11.6 Å². The molecule has 2 heterocycles. The molecule has 3 aliphatic rings. The molecular formula is C27H33FN2O4S. The number of carbonyl (C=O) groups is 2. The number of methoxy groups -OCH3 is 1. The number of aryl methyl sites for hydroxylation is 1. The number of hydrogen-bond acceptors (Lipinski definition) is 6. The van der Waals surface area contributed by atoms with Crippen molar-refractivity contribution in [2.24, 2.45) is 5.92 Å². The molecule has 2 aliphatic carbocycles. The maximum absolute atomic E-state index is 13.7. The first kappa shape index (κ1) is 24.4. The summed E-state index contributed by atoms with van der Waals surface area (Å²) in [6.07, 6.45) is 8.14. The fourth-order valence-electron chi connectivity index (χ4n) is 6.35. The lowest BCUT2D eigenvalue weighted by atomic mass is 9.66. The molecule has 2 N–H and O–H groups in total. The third kappa shape index (κ3) is 4.76. The number of hydrogen-bond donors (Lipinski definition) is 2. The smallest absolute Gasteiger partial charge is 0.341 e. The van der Waals surface area contributed by atoms with Gasteiger partial charge in [-0.3, -0.25) is 9.69 Å². The molecule has 2 fully saturated rings. The molecule has 1 saturated carbocycles. The number of thiophene rings is 1. The van der Waals surface area contributed by atoms with E-state index in [9.17, 15) is 19.1 Å². The van der Waals surface area contributed by atoms with Crippen molar-refractivity contribution in [1.29, 1.82) is 0 Å². The number of rotatable bonds is 5. The number of ether oxygens (including phenoxy) is 1. The fraction of sp³-hybridized carbons (Fsp3) is 0.556. The van der Waals surface area contributed by atoms with Gasteiger partial charge >= 0.3 is 5.97 Å². The van der Waals surface area contributed by atoms with Crippen LogP contribution in [0.4, 0.5) is 9.39 Å². The Labute approximate surface area is 209 Å². The third-order valence-corrected chi connectivity index (χ3v) is 9.25. The van der Waals surface area contributed by atoms with Crippen LogP contribution in [0.25, 0.3) is 0 Å². The summed E-state index contributed by atoms with van der Waals surface area (Å²) in [5.41, 5.74) is 1.68. The minimum absolute atomic E-state index is 0.0112. The van der Waals surface area contributed by atoms with Crippen LogP contribution in [0.1, 0.15) is 77.3 Å². The monoisotopic (exact) mass is 500 g/mol. The summed E-state index contributed by atoms with van der Waals surface area (Å²) in [5.74, 6) is -0.913. The lowest BCUT2D eigenvalue weighted by Crippen LogP contribution is -2.56. The average molecular weight is 501 g/mol. The second-order valence-corrected chi connectivity index (χ2v) is 11.2. The van der Waals surface area contributed by atoms with Crippen LogP contribution < -0.4 is 5.32 Å². The van der Waals surface area contributed by atoms with Crippen molar-refractivity contribution in [1.82, 2.24) is 4.90 Å². The Morgan fingerprint density at radius 3 is 2.71 bits per heavy atom. The van der Waals surface area contributed by atoms with E-state index in [-0.39, 0.29) is 30.2 Å². The lowest BCUT2D eigenvalue weighted by Gasteiger charge is -2.52. The molecule has 1 aromatic carbocycles.